The number of rotatable bonds is 2. The first-order valence-electron chi connectivity index (χ1n) is 6.01. The molecule has 3 nitrogen and oxygen atoms in total. The summed E-state index contributed by atoms with van der Waals surface area (Å²) in [6.07, 6.45) is 3.76. The van der Waals surface area contributed by atoms with E-state index in [1.165, 1.54) is 19.3 Å². The largest absolute Gasteiger partial charge is 0.396 e. The van der Waals surface area contributed by atoms with Crippen LogP contribution in [0.2, 0.25) is 0 Å². The fraction of sp³-hybridized carbons (Fsp3) is 0.750. The fourth-order valence-corrected chi connectivity index (χ4v) is 4.12. The highest BCUT2D eigenvalue weighted by Crippen LogP contribution is 2.49. The lowest BCUT2D eigenvalue weighted by atomic mass is 9.82. The van der Waals surface area contributed by atoms with Crippen LogP contribution in [-0.2, 0) is 0 Å². The Morgan fingerprint density at radius 3 is 3.19 bits per heavy atom. The molecule has 2 aliphatic rings. The van der Waals surface area contributed by atoms with Gasteiger partial charge in [-0.2, -0.15) is 0 Å². The van der Waals surface area contributed by atoms with Crippen LogP contribution < -0.4 is 4.90 Å². The van der Waals surface area contributed by atoms with Crippen LogP contribution in [0.5, 0.6) is 0 Å². The molecule has 16 heavy (non-hydrogen) atoms. The Balaban J connectivity index is 1.82. The van der Waals surface area contributed by atoms with Crippen LogP contribution >= 0.6 is 11.3 Å². The van der Waals surface area contributed by atoms with E-state index >= 15 is 0 Å². The number of anilines is 1. The second-order valence-corrected chi connectivity index (χ2v) is 6.10. The molecule has 0 spiro atoms. The van der Waals surface area contributed by atoms with Crippen molar-refractivity contribution in [1.82, 2.24) is 4.98 Å². The smallest absolute Gasteiger partial charge is 0.185 e. The number of hydrogen-bond donors (Lipinski definition) is 1. The molecule has 3 rings (SSSR count). The number of aromatic nitrogens is 1. The summed E-state index contributed by atoms with van der Waals surface area (Å²) in [4.78, 5) is 6.92. The van der Waals surface area contributed by atoms with E-state index in [9.17, 15) is 5.11 Å². The van der Waals surface area contributed by atoms with Gasteiger partial charge >= 0.3 is 0 Å². The summed E-state index contributed by atoms with van der Waals surface area (Å²) < 4.78 is 0. The molecule has 88 valence electrons. The molecule has 1 aromatic rings. The molecule has 2 fully saturated rings. The molecule has 1 aliphatic heterocycles. The first-order valence-corrected chi connectivity index (χ1v) is 6.89. The van der Waals surface area contributed by atoms with E-state index in [4.69, 9.17) is 0 Å². The molecule has 0 aromatic carbocycles. The second kappa shape index (κ2) is 3.70. The molecular formula is C12H18N2OS. The average Bonchev–Trinajstić information content (AvgIpc) is 2.89. The molecule has 1 N–H and O–H groups in total. The molecule has 2 unspecified atom stereocenters. The monoisotopic (exact) mass is 238 g/mol. The van der Waals surface area contributed by atoms with Crippen LogP contribution in [0.25, 0.3) is 0 Å². The number of nitrogens with zero attached hydrogens (tertiary/aromatic N) is 2. The highest BCUT2D eigenvalue weighted by Gasteiger charge is 2.49. The molecule has 4 heteroatoms. The molecule has 0 radical (unpaired) electrons. The van der Waals surface area contributed by atoms with E-state index in [2.05, 4.69) is 15.3 Å². The van der Waals surface area contributed by atoms with Crippen LogP contribution in [0.15, 0.2) is 5.38 Å². The van der Waals surface area contributed by atoms with Gasteiger partial charge in [-0.05, 0) is 25.7 Å². The molecule has 1 saturated heterocycles. The van der Waals surface area contributed by atoms with Gasteiger partial charge in [0.25, 0.3) is 0 Å². The zero-order valence-electron chi connectivity index (χ0n) is 9.65. The van der Waals surface area contributed by atoms with Crippen molar-refractivity contribution in [2.24, 2.45) is 11.3 Å². The Bertz CT molecular complexity index is 392. The van der Waals surface area contributed by atoms with Gasteiger partial charge in [0.1, 0.15) is 0 Å². The Morgan fingerprint density at radius 2 is 2.56 bits per heavy atom. The quantitative estimate of drug-likeness (QED) is 0.856. The number of fused-ring (bicyclic) bond motifs is 1. The number of aryl methyl sites for hydroxylation is 1. The summed E-state index contributed by atoms with van der Waals surface area (Å²) in [5.41, 5.74) is 1.29. The van der Waals surface area contributed by atoms with Crippen molar-refractivity contribution in [2.75, 3.05) is 24.6 Å². The zero-order valence-corrected chi connectivity index (χ0v) is 10.5. The molecule has 0 bridgehead atoms. The number of hydrogen-bond acceptors (Lipinski definition) is 4. The molecule has 2 atom stereocenters. The number of aliphatic hydroxyl groups excluding tert-OH is 1. The average molecular weight is 238 g/mol. The lowest BCUT2D eigenvalue weighted by Gasteiger charge is -2.25. The third-order valence-electron chi connectivity index (χ3n) is 4.23. The fourth-order valence-electron chi connectivity index (χ4n) is 3.31. The van der Waals surface area contributed by atoms with Crippen LogP contribution in [0.3, 0.4) is 0 Å². The van der Waals surface area contributed by atoms with Crippen molar-refractivity contribution < 1.29 is 5.11 Å². The minimum atomic E-state index is 0.180. The SMILES string of the molecule is Cc1csc(N2CC3CCCC3(CO)C2)n1. The van der Waals surface area contributed by atoms with Crippen molar-refractivity contribution >= 4 is 16.5 Å². The van der Waals surface area contributed by atoms with Crippen molar-refractivity contribution in [2.45, 2.75) is 26.2 Å². The van der Waals surface area contributed by atoms with Crippen molar-refractivity contribution in [3.8, 4) is 0 Å². The van der Waals surface area contributed by atoms with E-state index in [1.807, 2.05) is 6.92 Å². The first-order chi connectivity index (χ1) is 7.73. The lowest BCUT2D eigenvalue weighted by Crippen LogP contribution is -2.30. The van der Waals surface area contributed by atoms with Crippen LogP contribution in [-0.4, -0.2) is 29.8 Å². The highest BCUT2D eigenvalue weighted by atomic mass is 32.1. The maximum atomic E-state index is 9.65. The van der Waals surface area contributed by atoms with Crippen LogP contribution in [0.1, 0.15) is 25.0 Å². The van der Waals surface area contributed by atoms with E-state index in [0.29, 0.717) is 12.5 Å². The molecular weight excluding hydrogens is 220 g/mol. The van der Waals surface area contributed by atoms with E-state index in [-0.39, 0.29) is 5.41 Å². The zero-order chi connectivity index (χ0) is 11.2. The lowest BCUT2D eigenvalue weighted by molar-refractivity contribution is 0.121. The maximum absolute atomic E-state index is 9.65. The number of thiazole rings is 1. The summed E-state index contributed by atoms with van der Waals surface area (Å²) in [7, 11) is 0. The maximum Gasteiger partial charge on any atom is 0.185 e. The molecule has 1 aromatic heterocycles. The number of aliphatic hydroxyl groups is 1. The van der Waals surface area contributed by atoms with Crippen LogP contribution in [0.4, 0.5) is 5.13 Å². The third kappa shape index (κ3) is 1.47. The molecule has 2 heterocycles. The van der Waals surface area contributed by atoms with Gasteiger partial charge in [0.2, 0.25) is 0 Å². The van der Waals surface area contributed by atoms with E-state index < -0.39 is 0 Å². The van der Waals surface area contributed by atoms with E-state index in [0.717, 1.165) is 23.9 Å². The molecule has 1 saturated carbocycles. The minimum absolute atomic E-state index is 0.180. The third-order valence-corrected chi connectivity index (χ3v) is 5.25. The van der Waals surface area contributed by atoms with E-state index in [1.54, 1.807) is 11.3 Å². The van der Waals surface area contributed by atoms with Gasteiger partial charge in [-0.3, -0.25) is 0 Å². The van der Waals surface area contributed by atoms with Gasteiger partial charge in [-0.1, -0.05) is 6.42 Å². The second-order valence-electron chi connectivity index (χ2n) is 5.26. The van der Waals surface area contributed by atoms with Gasteiger partial charge in [0, 0.05) is 23.9 Å². The van der Waals surface area contributed by atoms with Gasteiger partial charge in [-0.15, -0.1) is 11.3 Å². The summed E-state index contributed by atoms with van der Waals surface area (Å²) in [5, 5.41) is 12.9. The summed E-state index contributed by atoms with van der Waals surface area (Å²) >= 11 is 1.73. The predicted molar refractivity (Wildman–Crippen MR) is 65.9 cm³/mol. The molecule has 1 aliphatic carbocycles. The normalized spacial score (nSPS) is 33.4. The minimum Gasteiger partial charge on any atom is -0.396 e. The predicted octanol–water partition coefficient (Wildman–Crippen LogP) is 2.05. The highest BCUT2D eigenvalue weighted by molar-refractivity contribution is 7.13. The first kappa shape index (κ1) is 10.5. The van der Waals surface area contributed by atoms with Gasteiger partial charge in [-0.25, -0.2) is 4.98 Å². The standard InChI is InChI=1S/C12H18N2OS/c1-9-6-16-11(13-9)14-5-10-3-2-4-12(10,7-14)8-15/h6,10,15H,2-5,7-8H2,1H3. The van der Waals surface area contributed by atoms with Gasteiger partial charge in [0.05, 0.1) is 12.3 Å². The van der Waals surface area contributed by atoms with Crippen molar-refractivity contribution in [3.63, 3.8) is 0 Å². The van der Waals surface area contributed by atoms with Gasteiger partial charge in [0.15, 0.2) is 5.13 Å². The Hall–Kier alpha value is -0.610. The Kier molecular flexibility index (Phi) is 2.44. The van der Waals surface area contributed by atoms with Gasteiger partial charge < -0.3 is 10.0 Å². The molecule has 0 amide bonds. The summed E-state index contributed by atoms with van der Waals surface area (Å²) in [6, 6.07) is 0. The topological polar surface area (TPSA) is 36.4 Å². The summed E-state index contributed by atoms with van der Waals surface area (Å²) in [5.74, 6) is 0.682. The Labute approximate surface area is 100 Å². The van der Waals surface area contributed by atoms with Crippen LogP contribution in [0, 0.1) is 18.3 Å². The van der Waals surface area contributed by atoms with Crippen molar-refractivity contribution in [3.05, 3.63) is 11.1 Å². The summed E-state index contributed by atoms with van der Waals surface area (Å²) in [6.45, 7) is 4.48. The van der Waals surface area contributed by atoms with Crippen molar-refractivity contribution in [1.29, 1.82) is 0 Å². The Morgan fingerprint density at radius 1 is 1.69 bits per heavy atom.